The quantitative estimate of drug-likeness (QED) is 0.761. The molecule has 98 valence electrons. The van der Waals surface area contributed by atoms with E-state index in [4.69, 9.17) is 0 Å². The van der Waals surface area contributed by atoms with Crippen LogP contribution in [-0.2, 0) is 4.79 Å². The van der Waals surface area contributed by atoms with Gasteiger partial charge in [0.1, 0.15) is 5.78 Å². The van der Waals surface area contributed by atoms with Gasteiger partial charge in [-0.2, -0.15) is 0 Å². The molecule has 1 saturated heterocycles. The molecule has 0 aliphatic carbocycles. The Hall–Kier alpha value is -0.800. The van der Waals surface area contributed by atoms with E-state index in [1.165, 1.54) is 4.90 Å². The highest BCUT2D eigenvalue weighted by atomic mass is 32.2. The van der Waals surface area contributed by atoms with Crippen molar-refractivity contribution >= 4 is 17.5 Å². The fraction of sp³-hybridized carbons (Fsp3) is 0.533. The van der Waals surface area contributed by atoms with Gasteiger partial charge < -0.3 is 4.90 Å². The van der Waals surface area contributed by atoms with Crippen LogP contribution in [-0.4, -0.2) is 36.1 Å². The molecule has 1 heterocycles. The largest absolute Gasteiger partial charge is 0.301 e. The Morgan fingerprint density at radius 1 is 1.33 bits per heavy atom. The normalized spacial score (nSPS) is 21.2. The smallest absolute Gasteiger partial charge is 0.138 e. The standard InChI is InChI=1S/C15H21NOS/c1-2-13-12-16(9-8-15(13)17)10-11-18-14-6-4-3-5-7-14/h3-7,13H,2,8-12H2,1H3. The van der Waals surface area contributed by atoms with Gasteiger partial charge in [-0.15, -0.1) is 11.8 Å². The molecule has 0 bridgehead atoms. The Morgan fingerprint density at radius 3 is 2.83 bits per heavy atom. The molecule has 0 saturated carbocycles. The Labute approximate surface area is 114 Å². The maximum absolute atomic E-state index is 11.6. The van der Waals surface area contributed by atoms with Crippen LogP contribution in [0.25, 0.3) is 0 Å². The molecule has 1 aliphatic heterocycles. The van der Waals surface area contributed by atoms with Crippen molar-refractivity contribution in [2.24, 2.45) is 5.92 Å². The SMILES string of the molecule is CCC1CN(CCSc2ccccc2)CCC1=O. The van der Waals surface area contributed by atoms with Gasteiger partial charge in [0.05, 0.1) is 0 Å². The average Bonchev–Trinajstić information content (AvgIpc) is 2.42. The van der Waals surface area contributed by atoms with Crippen LogP contribution in [0.15, 0.2) is 35.2 Å². The van der Waals surface area contributed by atoms with Gasteiger partial charge in [-0.05, 0) is 18.6 Å². The molecular weight excluding hydrogens is 242 g/mol. The van der Waals surface area contributed by atoms with Crippen LogP contribution >= 0.6 is 11.8 Å². The maximum atomic E-state index is 11.6. The fourth-order valence-corrected chi connectivity index (χ4v) is 3.28. The second-order valence-electron chi connectivity index (χ2n) is 4.78. The highest BCUT2D eigenvalue weighted by molar-refractivity contribution is 7.99. The number of piperidine rings is 1. The summed E-state index contributed by atoms with van der Waals surface area (Å²) >= 11 is 1.90. The van der Waals surface area contributed by atoms with Crippen molar-refractivity contribution in [2.75, 3.05) is 25.4 Å². The lowest BCUT2D eigenvalue weighted by atomic mass is 9.94. The lowest BCUT2D eigenvalue weighted by Gasteiger charge is -2.31. The molecule has 1 aromatic carbocycles. The van der Waals surface area contributed by atoms with Crippen LogP contribution in [0.2, 0.25) is 0 Å². The summed E-state index contributed by atoms with van der Waals surface area (Å²) in [5, 5.41) is 0. The number of Topliss-reactive ketones (excluding diaryl/α,β-unsaturated/α-hetero) is 1. The van der Waals surface area contributed by atoms with Crippen LogP contribution in [0.3, 0.4) is 0 Å². The number of benzene rings is 1. The molecule has 2 rings (SSSR count). The first-order valence-electron chi connectivity index (χ1n) is 6.72. The fourth-order valence-electron chi connectivity index (χ4n) is 2.35. The minimum atomic E-state index is 0.278. The van der Waals surface area contributed by atoms with Crippen molar-refractivity contribution in [1.82, 2.24) is 4.90 Å². The molecule has 1 aliphatic rings. The maximum Gasteiger partial charge on any atom is 0.138 e. The topological polar surface area (TPSA) is 20.3 Å². The van der Waals surface area contributed by atoms with E-state index in [2.05, 4.69) is 36.1 Å². The van der Waals surface area contributed by atoms with Gasteiger partial charge in [-0.25, -0.2) is 0 Å². The molecule has 0 radical (unpaired) electrons. The van der Waals surface area contributed by atoms with Crippen LogP contribution in [0.5, 0.6) is 0 Å². The van der Waals surface area contributed by atoms with E-state index >= 15 is 0 Å². The van der Waals surface area contributed by atoms with Crippen molar-refractivity contribution in [1.29, 1.82) is 0 Å². The number of hydrogen-bond acceptors (Lipinski definition) is 3. The van der Waals surface area contributed by atoms with E-state index < -0.39 is 0 Å². The second kappa shape index (κ2) is 6.95. The first kappa shape index (κ1) is 13.6. The Balaban J connectivity index is 1.72. The second-order valence-corrected chi connectivity index (χ2v) is 5.95. The Morgan fingerprint density at radius 2 is 2.11 bits per heavy atom. The molecule has 2 nitrogen and oxygen atoms in total. The molecule has 0 N–H and O–H groups in total. The number of thioether (sulfide) groups is 1. The molecule has 1 atom stereocenters. The molecule has 1 fully saturated rings. The van der Waals surface area contributed by atoms with Gasteiger partial charge in [0.15, 0.2) is 0 Å². The minimum absolute atomic E-state index is 0.278. The molecule has 0 spiro atoms. The summed E-state index contributed by atoms with van der Waals surface area (Å²) in [6, 6.07) is 10.5. The van der Waals surface area contributed by atoms with E-state index in [9.17, 15) is 4.79 Å². The third-order valence-corrected chi connectivity index (χ3v) is 4.51. The molecule has 0 amide bonds. The zero-order valence-electron chi connectivity index (χ0n) is 11.0. The monoisotopic (exact) mass is 263 g/mol. The van der Waals surface area contributed by atoms with Crippen molar-refractivity contribution < 1.29 is 4.79 Å². The van der Waals surface area contributed by atoms with Gasteiger partial charge in [-0.1, -0.05) is 25.1 Å². The van der Waals surface area contributed by atoms with Crippen molar-refractivity contribution in [3.8, 4) is 0 Å². The van der Waals surface area contributed by atoms with Crippen LogP contribution in [0.4, 0.5) is 0 Å². The number of likely N-dealkylation sites (tertiary alicyclic amines) is 1. The van der Waals surface area contributed by atoms with Crippen LogP contribution in [0, 0.1) is 5.92 Å². The van der Waals surface area contributed by atoms with Crippen molar-refractivity contribution in [3.63, 3.8) is 0 Å². The average molecular weight is 263 g/mol. The lowest BCUT2D eigenvalue weighted by Crippen LogP contribution is -2.41. The summed E-state index contributed by atoms with van der Waals surface area (Å²) < 4.78 is 0. The van der Waals surface area contributed by atoms with Crippen molar-refractivity contribution in [2.45, 2.75) is 24.7 Å². The summed E-state index contributed by atoms with van der Waals surface area (Å²) in [4.78, 5) is 15.4. The van der Waals surface area contributed by atoms with E-state index in [0.717, 1.165) is 38.2 Å². The summed E-state index contributed by atoms with van der Waals surface area (Å²) in [5.41, 5.74) is 0. The predicted octanol–water partition coefficient (Wildman–Crippen LogP) is 3.08. The third-order valence-electron chi connectivity index (χ3n) is 3.52. The zero-order chi connectivity index (χ0) is 12.8. The van der Waals surface area contributed by atoms with E-state index in [1.807, 2.05) is 17.8 Å². The zero-order valence-corrected chi connectivity index (χ0v) is 11.8. The van der Waals surface area contributed by atoms with Crippen LogP contribution in [0.1, 0.15) is 19.8 Å². The Bertz CT molecular complexity index is 379. The number of ketones is 1. The van der Waals surface area contributed by atoms with E-state index in [1.54, 1.807) is 0 Å². The molecular formula is C15H21NOS. The summed E-state index contributed by atoms with van der Waals surface area (Å²) in [7, 11) is 0. The highest BCUT2D eigenvalue weighted by Crippen LogP contribution is 2.19. The predicted molar refractivity (Wildman–Crippen MR) is 77.0 cm³/mol. The van der Waals surface area contributed by atoms with Crippen LogP contribution < -0.4 is 0 Å². The molecule has 1 unspecified atom stereocenters. The summed E-state index contributed by atoms with van der Waals surface area (Å²) in [5.74, 6) is 1.85. The van der Waals surface area contributed by atoms with Gasteiger partial charge in [0.25, 0.3) is 0 Å². The number of carbonyl (C=O) groups excluding carboxylic acids is 1. The van der Waals surface area contributed by atoms with E-state index in [0.29, 0.717) is 5.78 Å². The molecule has 18 heavy (non-hydrogen) atoms. The first-order valence-corrected chi connectivity index (χ1v) is 7.71. The first-order chi connectivity index (χ1) is 8.79. The highest BCUT2D eigenvalue weighted by Gasteiger charge is 2.24. The molecule has 3 heteroatoms. The van der Waals surface area contributed by atoms with Gasteiger partial charge >= 0.3 is 0 Å². The number of nitrogens with zero attached hydrogens (tertiary/aromatic N) is 1. The minimum Gasteiger partial charge on any atom is -0.301 e. The number of carbonyl (C=O) groups is 1. The van der Waals surface area contributed by atoms with Crippen molar-refractivity contribution in [3.05, 3.63) is 30.3 Å². The van der Waals surface area contributed by atoms with E-state index in [-0.39, 0.29) is 5.92 Å². The van der Waals surface area contributed by atoms with Gasteiger partial charge in [-0.3, -0.25) is 4.79 Å². The Kier molecular flexibility index (Phi) is 5.26. The summed E-state index contributed by atoms with van der Waals surface area (Å²) in [6.07, 6.45) is 1.73. The summed E-state index contributed by atoms with van der Waals surface area (Å²) in [6.45, 7) is 5.11. The lowest BCUT2D eigenvalue weighted by molar-refractivity contribution is -0.126. The third kappa shape index (κ3) is 3.85. The van der Waals surface area contributed by atoms with Gasteiger partial charge in [0.2, 0.25) is 0 Å². The molecule has 0 aromatic heterocycles. The number of rotatable bonds is 5. The molecule has 1 aromatic rings. The number of hydrogen-bond donors (Lipinski definition) is 0. The van der Waals surface area contributed by atoms with Gasteiger partial charge in [0, 0.05) is 42.6 Å².